The number of nitrogens with zero attached hydrogens (tertiary/aromatic N) is 1. The predicted octanol–water partition coefficient (Wildman–Crippen LogP) is 3.66. The first-order valence-electron chi connectivity index (χ1n) is 5.30. The number of hydrogen-bond acceptors (Lipinski definition) is 3. The van der Waals surface area contributed by atoms with Gasteiger partial charge in [0.25, 0.3) is 0 Å². The Morgan fingerprint density at radius 3 is 2.59 bits per heavy atom. The average molecular weight is 293 g/mol. The molecule has 1 aromatic carbocycles. The van der Waals surface area contributed by atoms with Crippen LogP contribution in [0.3, 0.4) is 0 Å². The molecule has 0 aliphatic carbocycles. The third-order valence-corrected chi connectivity index (χ3v) is 2.85. The molecular weight excluding hydrogens is 280 g/mol. The van der Waals surface area contributed by atoms with Crippen molar-refractivity contribution >= 4 is 15.9 Å². The van der Waals surface area contributed by atoms with Crippen molar-refractivity contribution < 1.29 is 4.74 Å². The molecule has 17 heavy (non-hydrogen) atoms. The zero-order valence-electron chi connectivity index (χ0n) is 9.43. The molecular formula is C13H13BrN2O. The highest BCUT2D eigenvalue weighted by Gasteiger charge is 2.03. The van der Waals surface area contributed by atoms with Gasteiger partial charge >= 0.3 is 0 Å². The third kappa shape index (κ3) is 3.28. The minimum Gasteiger partial charge on any atom is -0.439 e. The van der Waals surface area contributed by atoms with Crippen molar-refractivity contribution in [2.75, 3.05) is 0 Å². The molecule has 0 amide bonds. The van der Waals surface area contributed by atoms with Gasteiger partial charge in [-0.05, 0) is 42.8 Å². The van der Waals surface area contributed by atoms with Crippen LogP contribution in [-0.2, 0) is 0 Å². The van der Waals surface area contributed by atoms with E-state index in [0.717, 1.165) is 15.8 Å². The fourth-order valence-electron chi connectivity index (χ4n) is 1.39. The molecule has 0 fully saturated rings. The van der Waals surface area contributed by atoms with E-state index in [1.54, 1.807) is 6.20 Å². The second kappa shape index (κ2) is 5.29. The van der Waals surface area contributed by atoms with E-state index < -0.39 is 0 Å². The van der Waals surface area contributed by atoms with E-state index >= 15 is 0 Å². The topological polar surface area (TPSA) is 48.1 Å². The quantitative estimate of drug-likeness (QED) is 0.939. The summed E-state index contributed by atoms with van der Waals surface area (Å²) < 4.78 is 6.65. The molecule has 0 saturated carbocycles. The van der Waals surface area contributed by atoms with Gasteiger partial charge in [-0.15, -0.1) is 0 Å². The zero-order chi connectivity index (χ0) is 12.3. The highest BCUT2D eigenvalue weighted by atomic mass is 79.9. The molecule has 0 saturated heterocycles. The van der Waals surface area contributed by atoms with Crippen molar-refractivity contribution in [3.8, 4) is 11.6 Å². The minimum absolute atomic E-state index is 0.0229. The number of pyridine rings is 1. The number of rotatable bonds is 3. The molecule has 0 aliphatic rings. The first-order valence-corrected chi connectivity index (χ1v) is 6.09. The Morgan fingerprint density at radius 1 is 1.24 bits per heavy atom. The first-order chi connectivity index (χ1) is 8.15. The number of benzene rings is 1. The Balaban J connectivity index is 2.18. The van der Waals surface area contributed by atoms with Gasteiger partial charge in [0.05, 0.1) is 0 Å². The van der Waals surface area contributed by atoms with Gasteiger partial charge in [0, 0.05) is 22.8 Å². The van der Waals surface area contributed by atoms with Crippen LogP contribution in [-0.4, -0.2) is 4.98 Å². The van der Waals surface area contributed by atoms with Crippen LogP contribution in [0, 0.1) is 0 Å². The zero-order valence-corrected chi connectivity index (χ0v) is 11.0. The number of hydrogen-bond donors (Lipinski definition) is 1. The first kappa shape index (κ1) is 12.1. The summed E-state index contributed by atoms with van der Waals surface area (Å²) in [5.74, 6) is 1.31. The fourth-order valence-corrected chi connectivity index (χ4v) is 1.65. The highest BCUT2D eigenvalue weighted by molar-refractivity contribution is 9.10. The Bertz CT molecular complexity index is 497. The second-order valence-corrected chi connectivity index (χ2v) is 4.69. The molecule has 1 atom stereocenters. The van der Waals surface area contributed by atoms with Crippen molar-refractivity contribution in [3.05, 3.63) is 52.6 Å². The summed E-state index contributed by atoms with van der Waals surface area (Å²) in [6, 6.07) is 11.3. The molecule has 1 aromatic heterocycles. The van der Waals surface area contributed by atoms with Crippen LogP contribution in [0.15, 0.2) is 47.1 Å². The third-order valence-electron chi connectivity index (χ3n) is 2.32. The molecule has 0 unspecified atom stereocenters. The monoisotopic (exact) mass is 292 g/mol. The van der Waals surface area contributed by atoms with Crippen LogP contribution in [0.25, 0.3) is 0 Å². The summed E-state index contributed by atoms with van der Waals surface area (Å²) in [5.41, 5.74) is 6.81. The van der Waals surface area contributed by atoms with E-state index in [0.29, 0.717) is 5.88 Å². The van der Waals surface area contributed by atoms with Crippen LogP contribution < -0.4 is 10.5 Å². The van der Waals surface area contributed by atoms with Gasteiger partial charge in [0.1, 0.15) is 5.75 Å². The Kier molecular flexibility index (Phi) is 3.76. The normalized spacial score (nSPS) is 12.2. The molecule has 0 spiro atoms. The molecule has 0 radical (unpaired) electrons. The maximum atomic E-state index is 5.81. The molecule has 4 heteroatoms. The molecule has 2 aromatic rings. The van der Waals surface area contributed by atoms with Crippen LogP contribution >= 0.6 is 15.9 Å². The molecule has 1 heterocycles. The van der Waals surface area contributed by atoms with Gasteiger partial charge in [-0.25, -0.2) is 4.98 Å². The molecule has 3 nitrogen and oxygen atoms in total. The van der Waals surface area contributed by atoms with E-state index in [9.17, 15) is 0 Å². The van der Waals surface area contributed by atoms with Crippen molar-refractivity contribution in [3.63, 3.8) is 0 Å². The van der Waals surface area contributed by atoms with Crippen molar-refractivity contribution in [1.29, 1.82) is 0 Å². The molecule has 0 bridgehead atoms. The average Bonchev–Trinajstić information content (AvgIpc) is 2.32. The van der Waals surface area contributed by atoms with Gasteiger partial charge in [-0.3, -0.25) is 0 Å². The van der Waals surface area contributed by atoms with Crippen LogP contribution in [0.2, 0.25) is 0 Å². The van der Waals surface area contributed by atoms with E-state index in [-0.39, 0.29) is 6.04 Å². The standard InChI is InChI=1S/C13H13BrN2O/c1-9(15)10-6-7-16-13(8-10)17-12-4-2-11(14)3-5-12/h2-9H,15H2,1H3/t9-/m0/s1. The molecule has 88 valence electrons. The second-order valence-electron chi connectivity index (χ2n) is 3.77. The van der Waals surface area contributed by atoms with Gasteiger partial charge in [0.15, 0.2) is 0 Å². The van der Waals surface area contributed by atoms with Gasteiger partial charge in [-0.2, -0.15) is 0 Å². The number of ether oxygens (including phenoxy) is 1. The molecule has 0 aliphatic heterocycles. The fraction of sp³-hybridized carbons (Fsp3) is 0.154. The minimum atomic E-state index is -0.0229. The summed E-state index contributed by atoms with van der Waals surface area (Å²) in [5, 5.41) is 0. The predicted molar refractivity (Wildman–Crippen MR) is 71.1 cm³/mol. The Labute approximate surface area is 109 Å². The lowest BCUT2D eigenvalue weighted by molar-refractivity contribution is 0.461. The summed E-state index contributed by atoms with van der Waals surface area (Å²) in [6.45, 7) is 1.93. The smallest absolute Gasteiger partial charge is 0.219 e. The lowest BCUT2D eigenvalue weighted by atomic mass is 10.1. The van der Waals surface area contributed by atoms with Crippen molar-refractivity contribution in [2.45, 2.75) is 13.0 Å². The van der Waals surface area contributed by atoms with E-state index in [2.05, 4.69) is 20.9 Å². The van der Waals surface area contributed by atoms with Gasteiger partial charge in [-0.1, -0.05) is 15.9 Å². The number of nitrogens with two attached hydrogens (primary N) is 1. The maximum Gasteiger partial charge on any atom is 0.219 e. The van der Waals surface area contributed by atoms with Gasteiger partial charge in [0.2, 0.25) is 5.88 Å². The lowest BCUT2D eigenvalue weighted by Gasteiger charge is -2.08. The van der Waals surface area contributed by atoms with Crippen LogP contribution in [0.4, 0.5) is 0 Å². The number of halogens is 1. The van der Waals surface area contributed by atoms with Gasteiger partial charge < -0.3 is 10.5 Å². The highest BCUT2D eigenvalue weighted by Crippen LogP contribution is 2.23. The molecule has 2 rings (SSSR count). The summed E-state index contributed by atoms with van der Waals surface area (Å²) in [4.78, 5) is 4.15. The largest absolute Gasteiger partial charge is 0.439 e. The number of aromatic nitrogens is 1. The van der Waals surface area contributed by atoms with Crippen molar-refractivity contribution in [2.24, 2.45) is 5.73 Å². The van der Waals surface area contributed by atoms with E-state index in [1.165, 1.54) is 0 Å². The lowest BCUT2D eigenvalue weighted by Crippen LogP contribution is -2.05. The SMILES string of the molecule is C[C@H](N)c1ccnc(Oc2ccc(Br)cc2)c1. The summed E-state index contributed by atoms with van der Waals surface area (Å²) in [7, 11) is 0. The maximum absolute atomic E-state index is 5.81. The van der Waals surface area contributed by atoms with E-state index in [1.807, 2.05) is 43.3 Å². The Morgan fingerprint density at radius 2 is 1.94 bits per heavy atom. The van der Waals surface area contributed by atoms with Crippen LogP contribution in [0.5, 0.6) is 11.6 Å². The van der Waals surface area contributed by atoms with E-state index in [4.69, 9.17) is 10.5 Å². The summed E-state index contributed by atoms with van der Waals surface area (Å²) in [6.07, 6.45) is 1.70. The van der Waals surface area contributed by atoms with Crippen LogP contribution in [0.1, 0.15) is 18.5 Å². The summed E-state index contributed by atoms with van der Waals surface area (Å²) >= 11 is 3.37. The molecule has 2 N–H and O–H groups in total. The Hall–Kier alpha value is -1.39. The van der Waals surface area contributed by atoms with Crippen molar-refractivity contribution in [1.82, 2.24) is 4.98 Å².